The van der Waals surface area contributed by atoms with Crippen molar-refractivity contribution < 1.29 is 24.3 Å². The zero-order chi connectivity index (χ0) is 26.1. The normalized spacial score (nSPS) is 17.8. The van der Waals surface area contributed by atoms with Gasteiger partial charge in [-0.25, -0.2) is 0 Å². The summed E-state index contributed by atoms with van der Waals surface area (Å²) < 4.78 is 0. The molecule has 0 spiro atoms. The van der Waals surface area contributed by atoms with Crippen LogP contribution in [0.25, 0.3) is 10.9 Å². The van der Waals surface area contributed by atoms with Crippen LogP contribution in [0, 0.1) is 0 Å². The number of aliphatic carboxylic acids is 1. The van der Waals surface area contributed by atoms with Gasteiger partial charge in [-0.3, -0.25) is 19.2 Å². The molecule has 0 radical (unpaired) electrons. The molecule has 3 amide bonds. The number of unbranched alkanes of at least 4 members (excludes halogenated alkanes) is 1. The molecule has 1 aromatic heterocycles. The summed E-state index contributed by atoms with van der Waals surface area (Å²) >= 11 is 0. The molecule has 0 saturated carbocycles. The number of aromatic nitrogens is 1. The summed E-state index contributed by atoms with van der Waals surface area (Å²) in [5.41, 5.74) is 7.34. The maximum absolute atomic E-state index is 13.4. The third-order valence-electron chi connectivity index (χ3n) is 6.42. The molecule has 1 saturated heterocycles. The quantitative estimate of drug-likeness (QED) is 0.191. The highest BCUT2D eigenvalue weighted by Crippen LogP contribution is 2.19. The van der Waals surface area contributed by atoms with E-state index in [1.54, 1.807) is 0 Å². The SMILES string of the molecule is CC(NC(=O)C(CCCCN)NC(=O)C(Cc1c[nH]c2ccccc12)NC(=O)C1CCCN1)C(=O)O. The van der Waals surface area contributed by atoms with Gasteiger partial charge in [0.15, 0.2) is 0 Å². The smallest absolute Gasteiger partial charge is 0.325 e. The lowest BCUT2D eigenvalue weighted by molar-refractivity contribution is -0.141. The van der Waals surface area contributed by atoms with E-state index in [1.165, 1.54) is 6.92 Å². The number of nitrogens with one attached hydrogen (secondary N) is 5. The van der Waals surface area contributed by atoms with Gasteiger partial charge < -0.3 is 37.1 Å². The van der Waals surface area contributed by atoms with E-state index in [0.29, 0.717) is 32.2 Å². The lowest BCUT2D eigenvalue weighted by atomic mass is 10.0. The molecule has 1 aliphatic heterocycles. The van der Waals surface area contributed by atoms with Crippen LogP contribution in [0.5, 0.6) is 0 Å². The number of carbonyl (C=O) groups excluding carboxylic acids is 3. The number of hydrogen-bond donors (Lipinski definition) is 7. The minimum Gasteiger partial charge on any atom is -0.480 e. The zero-order valence-corrected chi connectivity index (χ0v) is 20.5. The van der Waals surface area contributed by atoms with E-state index in [1.807, 2.05) is 30.5 Å². The van der Waals surface area contributed by atoms with Gasteiger partial charge in [0.1, 0.15) is 18.1 Å². The molecular formula is C25H36N6O5. The molecule has 2 heterocycles. The van der Waals surface area contributed by atoms with Gasteiger partial charge in [-0.05, 0) is 63.7 Å². The number of carboxylic acid groups (broad SMARTS) is 1. The Hall–Kier alpha value is -3.44. The zero-order valence-electron chi connectivity index (χ0n) is 20.5. The first-order valence-electron chi connectivity index (χ1n) is 12.4. The van der Waals surface area contributed by atoms with Crippen molar-refractivity contribution in [2.75, 3.05) is 13.1 Å². The summed E-state index contributed by atoms with van der Waals surface area (Å²) in [6, 6.07) is 4.30. The highest BCUT2D eigenvalue weighted by molar-refractivity contribution is 5.94. The van der Waals surface area contributed by atoms with Crippen molar-refractivity contribution in [3.63, 3.8) is 0 Å². The summed E-state index contributed by atoms with van der Waals surface area (Å²) in [6.45, 7) is 2.53. The van der Waals surface area contributed by atoms with Crippen LogP contribution in [0.15, 0.2) is 30.5 Å². The molecular weight excluding hydrogens is 464 g/mol. The third kappa shape index (κ3) is 7.28. The second-order valence-corrected chi connectivity index (χ2v) is 9.19. The van der Waals surface area contributed by atoms with E-state index in [4.69, 9.17) is 10.8 Å². The summed E-state index contributed by atoms with van der Waals surface area (Å²) in [5.74, 6) is -2.55. The van der Waals surface area contributed by atoms with E-state index >= 15 is 0 Å². The van der Waals surface area contributed by atoms with Gasteiger partial charge in [0, 0.05) is 23.5 Å². The molecule has 2 aromatic rings. The van der Waals surface area contributed by atoms with Crippen molar-refractivity contribution in [2.45, 2.75) is 69.6 Å². The number of rotatable bonds is 13. The second-order valence-electron chi connectivity index (χ2n) is 9.19. The molecule has 8 N–H and O–H groups in total. The molecule has 4 unspecified atom stereocenters. The average molecular weight is 501 g/mol. The lowest BCUT2D eigenvalue weighted by Crippen LogP contribution is -2.57. The number of H-pyrrole nitrogens is 1. The first-order chi connectivity index (χ1) is 17.3. The van der Waals surface area contributed by atoms with E-state index < -0.39 is 35.9 Å². The molecule has 196 valence electrons. The van der Waals surface area contributed by atoms with Gasteiger partial charge in [0.2, 0.25) is 17.7 Å². The molecule has 11 nitrogen and oxygen atoms in total. The highest BCUT2D eigenvalue weighted by atomic mass is 16.4. The molecule has 1 fully saturated rings. The fourth-order valence-electron chi connectivity index (χ4n) is 4.32. The van der Waals surface area contributed by atoms with E-state index in [2.05, 4.69) is 26.3 Å². The minimum atomic E-state index is -1.18. The van der Waals surface area contributed by atoms with Crippen LogP contribution in [0.1, 0.15) is 44.6 Å². The molecule has 4 atom stereocenters. The van der Waals surface area contributed by atoms with Gasteiger partial charge in [-0.1, -0.05) is 18.2 Å². The molecule has 0 aliphatic carbocycles. The standard InChI is InChI=1S/C25H36N6O5/c1-15(25(35)36)29-23(33)20(9-4-5-11-26)30-24(34)21(31-22(32)19-10-6-12-27-19)13-16-14-28-18-8-3-2-7-17(16)18/h2-3,7-8,14-15,19-21,27-28H,4-6,9-13,26H2,1H3,(H,29,33)(H,30,34)(H,31,32)(H,35,36). The Balaban J connectivity index is 1.79. The van der Waals surface area contributed by atoms with Crippen LogP contribution in [0.3, 0.4) is 0 Å². The number of hydrogen-bond acceptors (Lipinski definition) is 6. The maximum Gasteiger partial charge on any atom is 0.325 e. The van der Waals surface area contributed by atoms with E-state index in [0.717, 1.165) is 29.4 Å². The Morgan fingerprint density at radius 1 is 1.08 bits per heavy atom. The summed E-state index contributed by atoms with van der Waals surface area (Å²) in [7, 11) is 0. The number of para-hydroxylation sites is 1. The van der Waals surface area contributed by atoms with Gasteiger partial charge in [-0.15, -0.1) is 0 Å². The summed E-state index contributed by atoms with van der Waals surface area (Å²) in [4.78, 5) is 53.5. The van der Waals surface area contributed by atoms with Crippen molar-refractivity contribution in [3.05, 3.63) is 36.0 Å². The van der Waals surface area contributed by atoms with Crippen LogP contribution in [-0.2, 0) is 25.6 Å². The van der Waals surface area contributed by atoms with Crippen molar-refractivity contribution in [1.29, 1.82) is 0 Å². The Morgan fingerprint density at radius 3 is 2.53 bits per heavy atom. The maximum atomic E-state index is 13.4. The summed E-state index contributed by atoms with van der Waals surface area (Å²) in [5, 5.41) is 21.3. The van der Waals surface area contributed by atoms with Crippen molar-refractivity contribution >= 4 is 34.6 Å². The molecule has 11 heteroatoms. The largest absolute Gasteiger partial charge is 0.480 e. The van der Waals surface area contributed by atoms with Gasteiger partial charge >= 0.3 is 5.97 Å². The predicted molar refractivity (Wildman–Crippen MR) is 135 cm³/mol. The number of carboxylic acids is 1. The van der Waals surface area contributed by atoms with Crippen molar-refractivity contribution in [3.8, 4) is 0 Å². The van der Waals surface area contributed by atoms with Crippen molar-refractivity contribution in [2.24, 2.45) is 5.73 Å². The van der Waals surface area contributed by atoms with E-state index in [9.17, 15) is 19.2 Å². The Morgan fingerprint density at radius 2 is 1.83 bits per heavy atom. The second kappa shape index (κ2) is 13.0. The van der Waals surface area contributed by atoms with Crippen LogP contribution in [0.2, 0.25) is 0 Å². The van der Waals surface area contributed by atoms with Gasteiger partial charge in [0.25, 0.3) is 0 Å². The fourth-order valence-corrected chi connectivity index (χ4v) is 4.32. The Bertz CT molecular complexity index is 1060. The fraction of sp³-hybridized carbons (Fsp3) is 0.520. The topological polar surface area (TPSA) is 178 Å². The Labute approximate surface area is 210 Å². The van der Waals surface area contributed by atoms with Gasteiger partial charge in [-0.2, -0.15) is 0 Å². The number of fused-ring (bicyclic) bond motifs is 1. The van der Waals surface area contributed by atoms with Crippen LogP contribution >= 0.6 is 0 Å². The average Bonchev–Trinajstić information content (AvgIpc) is 3.53. The Kier molecular flexibility index (Phi) is 9.83. The molecule has 3 rings (SSSR count). The first kappa shape index (κ1) is 27.2. The first-order valence-corrected chi connectivity index (χ1v) is 12.4. The molecule has 1 aliphatic rings. The third-order valence-corrected chi connectivity index (χ3v) is 6.42. The molecule has 0 bridgehead atoms. The number of carbonyl (C=O) groups is 4. The van der Waals surface area contributed by atoms with Crippen molar-refractivity contribution in [1.82, 2.24) is 26.3 Å². The predicted octanol–water partition coefficient (Wildman–Crippen LogP) is 0.150. The van der Waals surface area contributed by atoms with Crippen LogP contribution < -0.4 is 27.0 Å². The number of amides is 3. The van der Waals surface area contributed by atoms with Crippen LogP contribution in [0.4, 0.5) is 0 Å². The number of benzene rings is 1. The van der Waals surface area contributed by atoms with E-state index in [-0.39, 0.29) is 18.4 Å². The lowest BCUT2D eigenvalue weighted by Gasteiger charge is -2.25. The minimum absolute atomic E-state index is 0.219. The monoisotopic (exact) mass is 500 g/mol. The number of aromatic amines is 1. The summed E-state index contributed by atoms with van der Waals surface area (Å²) in [6.07, 6.45) is 5.10. The molecule has 1 aromatic carbocycles. The van der Waals surface area contributed by atoms with Crippen LogP contribution in [-0.4, -0.2) is 71.0 Å². The van der Waals surface area contributed by atoms with Gasteiger partial charge in [0.05, 0.1) is 6.04 Å². The number of nitrogens with two attached hydrogens (primary N) is 1. The molecule has 36 heavy (non-hydrogen) atoms. The highest BCUT2D eigenvalue weighted by Gasteiger charge is 2.31.